The second-order valence-corrected chi connectivity index (χ2v) is 6.13. The average molecular weight is 362 g/mol. The van der Waals surface area contributed by atoms with Crippen LogP contribution in [0.15, 0.2) is 57.7 Å². The van der Waals surface area contributed by atoms with E-state index < -0.39 is 23.1 Å². The van der Waals surface area contributed by atoms with Crippen LogP contribution in [0.4, 0.5) is 18.9 Å². The number of hydrogen-bond acceptors (Lipinski definition) is 4. The lowest BCUT2D eigenvalue weighted by Crippen LogP contribution is -2.29. The number of halogens is 3. The van der Waals surface area contributed by atoms with Crippen LogP contribution in [-0.4, -0.2) is 11.1 Å². The first-order valence-corrected chi connectivity index (χ1v) is 7.89. The molecule has 26 heavy (non-hydrogen) atoms. The molecule has 1 N–H and O–H groups in total. The average Bonchev–Trinajstić information content (AvgIpc) is 3.02. The van der Waals surface area contributed by atoms with Crippen molar-refractivity contribution in [3.63, 3.8) is 0 Å². The molecule has 1 amide bonds. The first-order valence-electron chi connectivity index (χ1n) is 7.89. The Morgan fingerprint density at radius 1 is 1.12 bits per heavy atom. The van der Waals surface area contributed by atoms with Gasteiger partial charge in [-0.3, -0.25) is 4.79 Å². The molecule has 0 bridgehead atoms. The molecule has 1 aliphatic rings. The van der Waals surface area contributed by atoms with Crippen molar-refractivity contribution in [2.45, 2.75) is 24.4 Å². The minimum atomic E-state index is -4.55. The van der Waals surface area contributed by atoms with E-state index in [2.05, 4.69) is 10.5 Å². The SMILES string of the molecule is O=C(Nc1ccccc1C(F)(F)F)C1(c2cc(-c3ccco3)on2)CC1. The van der Waals surface area contributed by atoms with Gasteiger partial charge in [-0.2, -0.15) is 13.2 Å². The smallest absolute Gasteiger partial charge is 0.418 e. The molecule has 0 spiro atoms. The predicted octanol–water partition coefficient (Wildman–Crippen LogP) is 4.62. The molecule has 2 heterocycles. The second kappa shape index (κ2) is 5.76. The molecule has 2 aromatic heterocycles. The van der Waals surface area contributed by atoms with Gasteiger partial charge in [-0.1, -0.05) is 17.3 Å². The molecule has 0 saturated heterocycles. The van der Waals surface area contributed by atoms with Crippen LogP contribution in [0.1, 0.15) is 24.1 Å². The van der Waals surface area contributed by atoms with E-state index in [-0.39, 0.29) is 5.69 Å². The highest BCUT2D eigenvalue weighted by atomic mass is 19.4. The quantitative estimate of drug-likeness (QED) is 0.735. The summed E-state index contributed by atoms with van der Waals surface area (Å²) in [5, 5.41) is 6.32. The molecule has 3 aromatic rings. The Kier molecular flexibility index (Phi) is 3.64. The maximum atomic E-state index is 13.1. The number of furan rings is 1. The summed E-state index contributed by atoms with van der Waals surface area (Å²) < 4.78 is 49.7. The van der Waals surface area contributed by atoms with Crippen molar-refractivity contribution in [3.8, 4) is 11.5 Å². The van der Waals surface area contributed by atoms with E-state index in [1.807, 2.05) is 0 Å². The van der Waals surface area contributed by atoms with Crippen molar-refractivity contribution in [2.24, 2.45) is 0 Å². The zero-order valence-corrected chi connectivity index (χ0v) is 13.3. The number of alkyl halides is 3. The Labute approximate surface area is 145 Å². The molecule has 0 radical (unpaired) electrons. The van der Waals surface area contributed by atoms with Gasteiger partial charge in [-0.15, -0.1) is 0 Å². The van der Waals surface area contributed by atoms with E-state index in [1.165, 1.54) is 24.5 Å². The number of nitrogens with zero attached hydrogens (tertiary/aromatic N) is 1. The zero-order valence-electron chi connectivity index (χ0n) is 13.3. The minimum absolute atomic E-state index is 0.272. The van der Waals surface area contributed by atoms with Crippen LogP contribution in [0.2, 0.25) is 0 Å². The second-order valence-electron chi connectivity index (χ2n) is 6.13. The third-order valence-corrected chi connectivity index (χ3v) is 4.43. The summed E-state index contributed by atoms with van der Waals surface area (Å²) in [6.45, 7) is 0. The van der Waals surface area contributed by atoms with Gasteiger partial charge in [0, 0.05) is 6.07 Å². The van der Waals surface area contributed by atoms with Gasteiger partial charge in [0.05, 0.1) is 28.6 Å². The molecule has 1 aromatic carbocycles. The standard InChI is InChI=1S/C18H13F3N2O3/c19-18(20,21)11-4-1-2-5-12(11)22-16(24)17(7-8-17)15-10-14(26-23-15)13-6-3-9-25-13/h1-6,9-10H,7-8H2,(H,22,24). The number of nitrogens with one attached hydrogen (secondary N) is 1. The van der Waals surface area contributed by atoms with E-state index in [4.69, 9.17) is 8.94 Å². The number of hydrogen-bond donors (Lipinski definition) is 1. The van der Waals surface area contributed by atoms with Crippen molar-refractivity contribution in [3.05, 3.63) is 60.0 Å². The molecule has 134 valence electrons. The summed E-state index contributed by atoms with van der Waals surface area (Å²) in [6, 6.07) is 9.83. The van der Waals surface area contributed by atoms with Gasteiger partial charge in [0.2, 0.25) is 11.7 Å². The number of rotatable bonds is 4. The number of anilines is 1. The van der Waals surface area contributed by atoms with Crippen LogP contribution in [0, 0.1) is 0 Å². The van der Waals surface area contributed by atoms with E-state index >= 15 is 0 Å². The maximum absolute atomic E-state index is 13.1. The van der Waals surface area contributed by atoms with Gasteiger partial charge in [-0.25, -0.2) is 0 Å². The van der Waals surface area contributed by atoms with Crippen molar-refractivity contribution in [1.82, 2.24) is 5.16 Å². The molecule has 5 nitrogen and oxygen atoms in total. The Hall–Kier alpha value is -3.03. The predicted molar refractivity (Wildman–Crippen MR) is 85.2 cm³/mol. The number of carbonyl (C=O) groups excluding carboxylic acids is 1. The molecule has 0 atom stereocenters. The molecule has 1 aliphatic carbocycles. The Bertz CT molecular complexity index is 941. The van der Waals surface area contributed by atoms with Crippen molar-refractivity contribution < 1.29 is 26.9 Å². The van der Waals surface area contributed by atoms with Crippen molar-refractivity contribution in [2.75, 3.05) is 5.32 Å². The first kappa shape index (κ1) is 16.4. The topological polar surface area (TPSA) is 68.3 Å². The van der Waals surface area contributed by atoms with E-state index in [9.17, 15) is 18.0 Å². The minimum Gasteiger partial charge on any atom is -0.461 e. The summed E-state index contributed by atoms with van der Waals surface area (Å²) in [5.74, 6) is 0.288. The van der Waals surface area contributed by atoms with E-state index in [1.54, 1.807) is 18.2 Å². The van der Waals surface area contributed by atoms with Crippen LogP contribution >= 0.6 is 0 Å². The summed E-state index contributed by atoms with van der Waals surface area (Å²) in [6.07, 6.45) is -2.11. The number of para-hydroxylation sites is 1. The third-order valence-electron chi connectivity index (χ3n) is 4.43. The maximum Gasteiger partial charge on any atom is 0.418 e. The summed E-state index contributed by atoms with van der Waals surface area (Å²) in [7, 11) is 0. The fraction of sp³-hybridized carbons (Fsp3) is 0.222. The normalized spacial score (nSPS) is 15.7. The number of amides is 1. The van der Waals surface area contributed by atoms with Gasteiger partial charge < -0.3 is 14.3 Å². The first-order chi connectivity index (χ1) is 12.4. The monoisotopic (exact) mass is 362 g/mol. The molecule has 8 heteroatoms. The Morgan fingerprint density at radius 3 is 2.54 bits per heavy atom. The fourth-order valence-electron chi connectivity index (χ4n) is 2.84. The molecule has 1 fully saturated rings. The van der Waals surface area contributed by atoms with E-state index in [0.717, 1.165) is 6.07 Å². The summed E-state index contributed by atoms with van der Waals surface area (Å²) in [4.78, 5) is 12.7. The molecule has 0 aliphatic heterocycles. The number of carbonyl (C=O) groups is 1. The molecule has 4 rings (SSSR count). The molecular formula is C18H13F3N2O3. The fourth-order valence-corrected chi connectivity index (χ4v) is 2.84. The highest BCUT2D eigenvalue weighted by Crippen LogP contribution is 2.49. The highest BCUT2D eigenvalue weighted by Gasteiger charge is 2.54. The zero-order chi connectivity index (χ0) is 18.4. The Morgan fingerprint density at radius 2 is 1.88 bits per heavy atom. The van der Waals surface area contributed by atoms with Crippen LogP contribution in [0.25, 0.3) is 11.5 Å². The van der Waals surface area contributed by atoms with Crippen molar-refractivity contribution in [1.29, 1.82) is 0 Å². The van der Waals surface area contributed by atoms with Gasteiger partial charge in [0.15, 0.2) is 5.76 Å². The van der Waals surface area contributed by atoms with Gasteiger partial charge in [0.1, 0.15) is 0 Å². The van der Waals surface area contributed by atoms with Crippen LogP contribution in [0.3, 0.4) is 0 Å². The van der Waals surface area contributed by atoms with Gasteiger partial charge >= 0.3 is 6.18 Å². The van der Waals surface area contributed by atoms with E-state index in [0.29, 0.717) is 30.1 Å². The highest BCUT2D eigenvalue weighted by molar-refractivity contribution is 6.01. The molecule has 0 unspecified atom stereocenters. The lowest BCUT2D eigenvalue weighted by molar-refractivity contribution is -0.137. The van der Waals surface area contributed by atoms with Crippen LogP contribution < -0.4 is 5.32 Å². The Balaban J connectivity index is 1.60. The third kappa shape index (κ3) is 2.77. The number of benzene rings is 1. The van der Waals surface area contributed by atoms with Crippen molar-refractivity contribution >= 4 is 11.6 Å². The summed E-state index contributed by atoms with van der Waals surface area (Å²) >= 11 is 0. The lowest BCUT2D eigenvalue weighted by Gasteiger charge is -2.16. The molecular weight excluding hydrogens is 349 g/mol. The molecule has 1 saturated carbocycles. The lowest BCUT2D eigenvalue weighted by atomic mass is 10.0. The van der Waals surface area contributed by atoms with Crippen LogP contribution in [-0.2, 0) is 16.4 Å². The summed E-state index contributed by atoms with van der Waals surface area (Å²) in [5.41, 5.74) is -1.76. The number of aromatic nitrogens is 1. The largest absolute Gasteiger partial charge is 0.461 e. The van der Waals surface area contributed by atoms with Gasteiger partial charge in [0.25, 0.3) is 0 Å². The van der Waals surface area contributed by atoms with Gasteiger partial charge in [-0.05, 0) is 37.1 Å². The van der Waals surface area contributed by atoms with Crippen LogP contribution in [0.5, 0.6) is 0 Å².